The molecule has 0 spiro atoms. The van der Waals surface area contributed by atoms with Gasteiger partial charge in [0, 0.05) is 31.6 Å². The Morgan fingerprint density at radius 1 is 0.850 bits per heavy atom. The fourth-order valence-electron chi connectivity index (χ4n) is 3.46. The molecule has 4 rings (SSSR count). The van der Waals surface area contributed by atoms with Gasteiger partial charge in [-0.1, -0.05) is 48.5 Å². The van der Waals surface area contributed by atoms with Gasteiger partial charge in [0.05, 0.1) is 0 Å². The largest absolute Gasteiger partial charge is 0.308 e. The van der Waals surface area contributed by atoms with E-state index in [-0.39, 0.29) is 0 Å². The first-order valence-corrected chi connectivity index (χ1v) is 7.37. The molecule has 0 amide bonds. The number of nitrogens with one attached hydrogen (secondary N) is 2. The lowest BCUT2D eigenvalue weighted by Crippen LogP contribution is -2.47. The van der Waals surface area contributed by atoms with Crippen LogP contribution in [0.1, 0.15) is 28.3 Å². The van der Waals surface area contributed by atoms with Crippen molar-refractivity contribution in [2.24, 2.45) is 0 Å². The number of rotatable bonds is 1. The third-order valence-electron chi connectivity index (χ3n) is 4.51. The van der Waals surface area contributed by atoms with Gasteiger partial charge in [0.2, 0.25) is 0 Å². The van der Waals surface area contributed by atoms with Crippen LogP contribution in [0.3, 0.4) is 0 Å². The van der Waals surface area contributed by atoms with E-state index < -0.39 is 0 Å². The Balaban J connectivity index is 1.64. The van der Waals surface area contributed by atoms with Gasteiger partial charge in [0.15, 0.2) is 0 Å². The standard InChI is InChI=1S/C18H19N2/c1-2-7-15-12-20-17(11-14(15)6-1)18-16-8-4-3-5-13(16)9-10-19-18/h1-9,17-20H,10-12H2. The predicted molar refractivity (Wildman–Crippen MR) is 81.4 cm³/mol. The van der Waals surface area contributed by atoms with Crippen molar-refractivity contribution in [2.45, 2.75) is 25.0 Å². The molecule has 0 saturated carbocycles. The van der Waals surface area contributed by atoms with Crippen molar-refractivity contribution in [3.05, 3.63) is 77.2 Å². The second-order valence-electron chi connectivity index (χ2n) is 5.68. The average Bonchev–Trinajstić information content (AvgIpc) is 2.54. The molecule has 0 aliphatic carbocycles. The Labute approximate surface area is 120 Å². The van der Waals surface area contributed by atoms with Crippen molar-refractivity contribution < 1.29 is 0 Å². The molecular weight excluding hydrogens is 244 g/mol. The van der Waals surface area contributed by atoms with Gasteiger partial charge in [0.1, 0.15) is 0 Å². The van der Waals surface area contributed by atoms with Gasteiger partial charge in [-0.3, -0.25) is 0 Å². The molecular formula is C18H19N2. The van der Waals surface area contributed by atoms with Crippen LogP contribution in [0.4, 0.5) is 0 Å². The smallest absolute Gasteiger partial charge is 0.0482 e. The van der Waals surface area contributed by atoms with Crippen LogP contribution in [0.2, 0.25) is 0 Å². The van der Waals surface area contributed by atoms with Crippen molar-refractivity contribution in [1.29, 1.82) is 0 Å². The van der Waals surface area contributed by atoms with Crippen molar-refractivity contribution >= 4 is 0 Å². The summed E-state index contributed by atoms with van der Waals surface area (Å²) in [7, 11) is 0. The summed E-state index contributed by atoms with van der Waals surface area (Å²) >= 11 is 0. The predicted octanol–water partition coefficient (Wildman–Crippen LogP) is 2.60. The van der Waals surface area contributed by atoms with E-state index in [0.717, 1.165) is 19.5 Å². The summed E-state index contributed by atoms with van der Waals surface area (Å²) in [5.74, 6) is 0. The van der Waals surface area contributed by atoms with Gasteiger partial charge < -0.3 is 10.6 Å². The Morgan fingerprint density at radius 2 is 1.65 bits per heavy atom. The van der Waals surface area contributed by atoms with Gasteiger partial charge in [-0.05, 0) is 28.7 Å². The zero-order valence-electron chi connectivity index (χ0n) is 11.5. The van der Waals surface area contributed by atoms with Crippen molar-refractivity contribution in [2.75, 3.05) is 6.54 Å². The summed E-state index contributed by atoms with van der Waals surface area (Å²) < 4.78 is 0. The summed E-state index contributed by atoms with van der Waals surface area (Å²) in [6, 6.07) is 18.4. The molecule has 101 valence electrons. The van der Waals surface area contributed by atoms with Gasteiger partial charge in [-0.2, -0.15) is 0 Å². The van der Waals surface area contributed by atoms with Gasteiger partial charge in [-0.25, -0.2) is 0 Å². The van der Waals surface area contributed by atoms with Crippen LogP contribution >= 0.6 is 0 Å². The SMILES string of the molecule is [CH]1CNC(C2Cc3ccccc3CN2)c2ccccc21. The quantitative estimate of drug-likeness (QED) is 0.826. The first-order valence-electron chi connectivity index (χ1n) is 7.37. The lowest BCUT2D eigenvalue weighted by Gasteiger charge is -2.36. The first kappa shape index (κ1) is 12.1. The number of hydrogen-bond acceptors (Lipinski definition) is 2. The Bertz CT molecular complexity index is 620. The normalized spacial score (nSPS) is 24.8. The average molecular weight is 263 g/mol. The molecule has 0 fully saturated rings. The molecule has 0 aromatic heterocycles. The number of benzene rings is 2. The van der Waals surface area contributed by atoms with Crippen LogP contribution < -0.4 is 10.6 Å². The van der Waals surface area contributed by atoms with E-state index in [1.54, 1.807) is 0 Å². The third kappa shape index (κ3) is 2.05. The summed E-state index contributed by atoms with van der Waals surface area (Å²) in [6.07, 6.45) is 3.38. The van der Waals surface area contributed by atoms with E-state index in [1.165, 1.54) is 22.3 Å². The zero-order valence-corrected chi connectivity index (χ0v) is 11.5. The second-order valence-corrected chi connectivity index (χ2v) is 5.68. The van der Waals surface area contributed by atoms with E-state index in [1.807, 2.05) is 0 Å². The van der Waals surface area contributed by atoms with E-state index in [0.29, 0.717) is 12.1 Å². The van der Waals surface area contributed by atoms with Crippen LogP contribution in [-0.2, 0) is 13.0 Å². The molecule has 2 N–H and O–H groups in total. The van der Waals surface area contributed by atoms with E-state index in [4.69, 9.17) is 0 Å². The molecule has 2 unspecified atom stereocenters. The fraction of sp³-hybridized carbons (Fsp3) is 0.278. The highest BCUT2D eigenvalue weighted by atomic mass is 15.0. The number of hydrogen-bond donors (Lipinski definition) is 2. The Morgan fingerprint density at radius 3 is 2.60 bits per heavy atom. The molecule has 0 bridgehead atoms. The minimum atomic E-state index is 0.407. The molecule has 2 aliphatic heterocycles. The van der Waals surface area contributed by atoms with Crippen LogP contribution in [0.25, 0.3) is 0 Å². The summed E-state index contributed by atoms with van der Waals surface area (Å²) in [6.45, 7) is 1.94. The molecule has 2 aliphatic rings. The van der Waals surface area contributed by atoms with E-state index in [9.17, 15) is 0 Å². The van der Waals surface area contributed by atoms with E-state index in [2.05, 4.69) is 65.6 Å². The first-order chi connectivity index (χ1) is 9.92. The molecule has 2 atom stereocenters. The maximum Gasteiger partial charge on any atom is 0.0482 e. The van der Waals surface area contributed by atoms with E-state index >= 15 is 0 Å². The van der Waals surface area contributed by atoms with Crippen LogP contribution in [-0.4, -0.2) is 12.6 Å². The van der Waals surface area contributed by atoms with Gasteiger partial charge >= 0.3 is 0 Å². The summed E-state index contributed by atoms with van der Waals surface area (Å²) in [4.78, 5) is 0. The third-order valence-corrected chi connectivity index (χ3v) is 4.51. The minimum Gasteiger partial charge on any atom is -0.308 e. The maximum absolute atomic E-state index is 3.71. The minimum absolute atomic E-state index is 0.407. The zero-order chi connectivity index (χ0) is 13.4. The van der Waals surface area contributed by atoms with Gasteiger partial charge in [0.25, 0.3) is 0 Å². The highest BCUT2D eigenvalue weighted by Crippen LogP contribution is 2.30. The van der Waals surface area contributed by atoms with Crippen LogP contribution in [0.15, 0.2) is 48.5 Å². The molecule has 20 heavy (non-hydrogen) atoms. The Kier molecular flexibility index (Phi) is 3.06. The Hall–Kier alpha value is -1.64. The van der Waals surface area contributed by atoms with Crippen molar-refractivity contribution in [3.63, 3.8) is 0 Å². The van der Waals surface area contributed by atoms with Crippen molar-refractivity contribution in [3.8, 4) is 0 Å². The molecule has 2 nitrogen and oxygen atoms in total. The summed E-state index contributed by atoms with van der Waals surface area (Å²) in [5.41, 5.74) is 5.75. The lowest BCUT2D eigenvalue weighted by molar-refractivity contribution is 0.357. The number of fused-ring (bicyclic) bond motifs is 2. The highest BCUT2D eigenvalue weighted by Gasteiger charge is 2.29. The van der Waals surface area contributed by atoms with Gasteiger partial charge in [-0.15, -0.1) is 0 Å². The highest BCUT2D eigenvalue weighted by molar-refractivity contribution is 5.40. The molecule has 2 aromatic rings. The van der Waals surface area contributed by atoms with Crippen molar-refractivity contribution in [1.82, 2.24) is 10.6 Å². The molecule has 2 heterocycles. The molecule has 0 saturated heterocycles. The topological polar surface area (TPSA) is 24.1 Å². The summed E-state index contributed by atoms with van der Waals surface area (Å²) in [5, 5.41) is 7.37. The molecule has 2 aromatic carbocycles. The maximum atomic E-state index is 3.71. The lowest BCUT2D eigenvalue weighted by atomic mass is 9.84. The van der Waals surface area contributed by atoms with Crippen LogP contribution in [0.5, 0.6) is 0 Å². The monoisotopic (exact) mass is 263 g/mol. The molecule has 1 radical (unpaired) electrons. The van der Waals surface area contributed by atoms with Crippen LogP contribution in [0, 0.1) is 6.42 Å². The fourth-order valence-corrected chi connectivity index (χ4v) is 3.46. The second kappa shape index (κ2) is 5.04. The molecule has 2 heteroatoms.